The number of piperidine rings is 1. The molecule has 2 fully saturated rings. The highest BCUT2D eigenvalue weighted by Crippen LogP contribution is 2.32. The smallest absolute Gasteiger partial charge is 0.410 e. The maximum Gasteiger partial charge on any atom is 0.410 e. The SMILES string of the molecule is CC(C)Oc1cccc(CCNC(=O)N2CCC3(CC2)CN(C)C(=O)O3)c1. The molecule has 0 aliphatic carbocycles. The van der Waals surface area contributed by atoms with Crippen LogP contribution in [-0.2, 0) is 11.2 Å². The molecule has 148 valence electrons. The minimum Gasteiger partial charge on any atom is -0.491 e. The van der Waals surface area contributed by atoms with Gasteiger partial charge in [-0.15, -0.1) is 0 Å². The van der Waals surface area contributed by atoms with E-state index in [1.54, 1.807) is 16.8 Å². The molecule has 0 unspecified atom stereocenters. The molecule has 1 spiro atoms. The zero-order valence-corrected chi connectivity index (χ0v) is 16.4. The van der Waals surface area contributed by atoms with Gasteiger partial charge in [-0.1, -0.05) is 12.1 Å². The average molecular weight is 375 g/mol. The van der Waals surface area contributed by atoms with Crippen LogP contribution in [0.4, 0.5) is 9.59 Å². The summed E-state index contributed by atoms with van der Waals surface area (Å²) in [7, 11) is 1.75. The molecule has 1 aromatic carbocycles. The van der Waals surface area contributed by atoms with Gasteiger partial charge in [0.25, 0.3) is 0 Å². The molecule has 7 nitrogen and oxygen atoms in total. The number of likely N-dealkylation sites (N-methyl/N-ethyl adjacent to an activating group) is 1. The first kappa shape index (κ1) is 19.3. The summed E-state index contributed by atoms with van der Waals surface area (Å²) < 4.78 is 11.2. The standard InChI is InChI=1S/C20H29N3O4/c1-15(2)26-17-6-4-5-16(13-17)7-10-21-18(24)23-11-8-20(9-12-23)14-22(3)19(25)27-20/h4-6,13,15H,7-12,14H2,1-3H3,(H,21,24). The second-order valence-corrected chi connectivity index (χ2v) is 7.69. The number of carbonyl (C=O) groups is 2. The monoisotopic (exact) mass is 375 g/mol. The highest BCUT2D eigenvalue weighted by Gasteiger charge is 2.46. The van der Waals surface area contributed by atoms with Crippen LogP contribution >= 0.6 is 0 Å². The number of benzene rings is 1. The largest absolute Gasteiger partial charge is 0.491 e. The van der Waals surface area contributed by atoms with Crippen molar-refractivity contribution in [2.45, 2.75) is 44.8 Å². The number of likely N-dealkylation sites (tertiary alicyclic amines) is 1. The number of rotatable bonds is 5. The second-order valence-electron chi connectivity index (χ2n) is 7.69. The summed E-state index contributed by atoms with van der Waals surface area (Å²) in [4.78, 5) is 27.4. The summed E-state index contributed by atoms with van der Waals surface area (Å²) in [6.45, 7) is 6.38. The molecule has 0 bridgehead atoms. The molecule has 0 atom stereocenters. The quantitative estimate of drug-likeness (QED) is 0.859. The van der Waals surface area contributed by atoms with E-state index in [1.807, 2.05) is 38.1 Å². The predicted molar refractivity (Wildman–Crippen MR) is 102 cm³/mol. The summed E-state index contributed by atoms with van der Waals surface area (Å²) in [5.41, 5.74) is 0.714. The van der Waals surface area contributed by atoms with Crippen molar-refractivity contribution in [3.8, 4) is 5.75 Å². The van der Waals surface area contributed by atoms with Crippen molar-refractivity contribution in [1.82, 2.24) is 15.1 Å². The van der Waals surface area contributed by atoms with Gasteiger partial charge in [0.05, 0.1) is 12.6 Å². The van der Waals surface area contributed by atoms with E-state index in [2.05, 4.69) is 5.32 Å². The van der Waals surface area contributed by atoms with Crippen molar-refractivity contribution in [2.24, 2.45) is 0 Å². The van der Waals surface area contributed by atoms with Gasteiger partial charge in [0.15, 0.2) is 0 Å². The maximum absolute atomic E-state index is 12.4. The summed E-state index contributed by atoms with van der Waals surface area (Å²) in [5, 5.41) is 2.99. The summed E-state index contributed by atoms with van der Waals surface area (Å²) in [5.74, 6) is 0.853. The fourth-order valence-corrected chi connectivity index (χ4v) is 3.64. The van der Waals surface area contributed by atoms with Crippen molar-refractivity contribution in [1.29, 1.82) is 0 Å². The molecule has 2 aliphatic heterocycles. The summed E-state index contributed by atoms with van der Waals surface area (Å²) in [6.07, 6.45) is 2.00. The zero-order chi connectivity index (χ0) is 19.4. The normalized spacial score (nSPS) is 18.7. The van der Waals surface area contributed by atoms with E-state index < -0.39 is 5.60 Å². The fourth-order valence-electron chi connectivity index (χ4n) is 3.64. The first-order chi connectivity index (χ1) is 12.9. The molecular weight excluding hydrogens is 346 g/mol. The molecule has 7 heteroatoms. The molecule has 0 saturated carbocycles. The number of hydrogen-bond acceptors (Lipinski definition) is 4. The Morgan fingerprint density at radius 3 is 2.70 bits per heavy atom. The van der Waals surface area contributed by atoms with Gasteiger partial charge in [-0.05, 0) is 38.0 Å². The van der Waals surface area contributed by atoms with Crippen LogP contribution in [-0.4, -0.2) is 66.9 Å². The first-order valence-electron chi connectivity index (χ1n) is 9.59. The van der Waals surface area contributed by atoms with Crippen LogP contribution in [0.15, 0.2) is 24.3 Å². The van der Waals surface area contributed by atoms with Crippen LogP contribution in [0.1, 0.15) is 32.3 Å². The van der Waals surface area contributed by atoms with E-state index >= 15 is 0 Å². The van der Waals surface area contributed by atoms with Gasteiger partial charge in [-0.3, -0.25) is 0 Å². The van der Waals surface area contributed by atoms with E-state index in [9.17, 15) is 9.59 Å². The van der Waals surface area contributed by atoms with E-state index in [1.165, 1.54) is 0 Å². The number of hydrogen-bond donors (Lipinski definition) is 1. The number of nitrogens with zero attached hydrogens (tertiary/aromatic N) is 2. The molecule has 2 aliphatic rings. The van der Waals surface area contributed by atoms with Gasteiger partial charge >= 0.3 is 12.1 Å². The lowest BCUT2D eigenvalue weighted by Crippen LogP contribution is -2.51. The first-order valence-corrected chi connectivity index (χ1v) is 9.59. The van der Waals surface area contributed by atoms with Crippen LogP contribution in [0.2, 0.25) is 0 Å². The Morgan fingerprint density at radius 2 is 2.07 bits per heavy atom. The lowest BCUT2D eigenvalue weighted by molar-refractivity contribution is 0.00970. The van der Waals surface area contributed by atoms with Crippen LogP contribution in [0, 0.1) is 0 Å². The Labute approximate surface area is 160 Å². The third-order valence-corrected chi connectivity index (χ3v) is 5.06. The number of nitrogens with one attached hydrogen (secondary N) is 1. The molecule has 2 saturated heterocycles. The Bertz CT molecular complexity index is 684. The summed E-state index contributed by atoms with van der Waals surface area (Å²) in [6, 6.07) is 7.91. The Balaban J connectivity index is 1.42. The minimum absolute atomic E-state index is 0.0582. The second kappa shape index (κ2) is 8.06. The molecule has 27 heavy (non-hydrogen) atoms. The highest BCUT2D eigenvalue weighted by atomic mass is 16.6. The zero-order valence-electron chi connectivity index (χ0n) is 16.4. The molecule has 0 radical (unpaired) electrons. The Morgan fingerprint density at radius 1 is 1.33 bits per heavy atom. The lowest BCUT2D eigenvalue weighted by Gasteiger charge is -2.37. The van der Waals surface area contributed by atoms with Crippen molar-refractivity contribution in [3.63, 3.8) is 0 Å². The third kappa shape index (κ3) is 4.84. The van der Waals surface area contributed by atoms with Gasteiger partial charge in [-0.2, -0.15) is 0 Å². The van der Waals surface area contributed by atoms with Crippen molar-refractivity contribution < 1.29 is 19.1 Å². The third-order valence-electron chi connectivity index (χ3n) is 5.06. The van der Waals surface area contributed by atoms with E-state index in [-0.39, 0.29) is 18.2 Å². The van der Waals surface area contributed by atoms with Gasteiger partial charge < -0.3 is 24.6 Å². The van der Waals surface area contributed by atoms with E-state index in [0.29, 0.717) is 39.0 Å². The average Bonchev–Trinajstić information content (AvgIpc) is 2.88. The van der Waals surface area contributed by atoms with Crippen LogP contribution in [0.3, 0.4) is 0 Å². The number of amides is 3. The van der Waals surface area contributed by atoms with Crippen LogP contribution in [0.5, 0.6) is 5.75 Å². The van der Waals surface area contributed by atoms with Crippen molar-refractivity contribution in [2.75, 3.05) is 33.2 Å². The number of carbonyl (C=O) groups excluding carboxylic acids is 2. The van der Waals surface area contributed by atoms with Crippen LogP contribution < -0.4 is 10.1 Å². The Kier molecular flexibility index (Phi) is 5.77. The molecule has 1 N–H and O–H groups in total. The van der Waals surface area contributed by atoms with Gasteiger partial charge in [0.2, 0.25) is 0 Å². The molecule has 3 rings (SSSR count). The molecule has 2 heterocycles. The molecule has 0 aromatic heterocycles. The molecule has 1 aromatic rings. The van der Waals surface area contributed by atoms with E-state index in [4.69, 9.17) is 9.47 Å². The maximum atomic E-state index is 12.4. The number of urea groups is 1. The summed E-state index contributed by atoms with van der Waals surface area (Å²) >= 11 is 0. The van der Waals surface area contributed by atoms with E-state index in [0.717, 1.165) is 17.7 Å². The van der Waals surface area contributed by atoms with Gasteiger partial charge in [-0.25, -0.2) is 9.59 Å². The Hall–Kier alpha value is -2.44. The van der Waals surface area contributed by atoms with Crippen molar-refractivity contribution in [3.05, 3.63) is 29.8 Å². The topological polar surface area (TPSA) is 71.1 Å². The van der Waals surface area contributed by atoms with Gasteiger partial charge in [0, 0.05) is 39.5 Å². The van der Waals surface area contributed by atoms with Gasteiger partial charge in [0.1, 0.15) is 11.4 Å². The predicted octanol–water partition coefficient (Wildman–Crippen LogP) is 2.64. The molecular formula is C20H29N3O4. The molecule has 3 amide bonds. The minimum atomic E-state index is -0.417. The number of ether oxygens (including phenoxy) is 2. The van der Waals surface area contributed by atoms with Crippen molar-refractivity contribution >= 4 is 12.1 Å². The highest BCUT2D eigenvalue weighted by molar-refractivity contribution is 5.74. The fraction of sp³-hybridized carbons (Fsp3) is 0.600. The lowest BCUT2D eigenvalue weighted by atomic mass is 9.91. The van der Waals surface area contributed by atoms with Crippen LogP contribution in [0.25, 0.3) is 0 Å².